The predicted octanol–water partition coefficient (Wildman–Crippen LogP) is 0.744. The molecule has 0 aliphatic carbocycles. The van der Waals surface area contributed by atoms with Gasteiger partial charge in [0.05, 0.1) is 11.7 Å². The summed E-state index contributed by atoms with van der Waals surface area (Å²) in [6, 6.07) is -0.510. The Hall–Kier alpha value is -1.07. The summed E-state index contributed by atoms with van der Waals surface area (Å²) in [5.74, 6) is 0.515. The summed E-state index contributed by atoms with van der Waals surface area (Å²) in [6.07, 6.45) is 0. The van der Waals surface area contributed by atoms with Crippen molar-refractivity contribution >= 4 is 24.1 Å². The van der Waals surface area contributed by atoms with E-state index in [1.165, 1.54) is 0 Å². The highest BCUT2D eigenvalue weighted by Crippen LogP contribution is 2.16. The first-order valence-electron chi connectivity index (χ1n) is 4.50. The number of carbonyl (C=O) groups excluding carboxylic acids is 1. The van der Waals surface area contributed by atoms with Crippen LogP contribution in [0.5, 0.6) is 0 Å². The lowest BCUT2D eigenvalue weighted by molar-refractivity contribution is -0.117. The van der Waals surface area contributed by atoms with Gasteiger partial charge >= 0.3 is 0 Å². The minimum Gasteiger partial charge on any atom is -0.320 e. The van der Waals surface area contributed by atoms with Gasteiger partial charge < -0.3 is 11.1 Å². The molecule has 0 spiro atoms. The number of halogens is 1. The van der Waals surface area contributed by atoms with E-state index in [2.05, 4.69) is 10.4 Å². The second-order valence-corrected chi connectivity index (χ2v) is 3.46. The number of nitrogens with two attached hydrogens (primary N) is 1. The number of aryl methyl sites for hydroxylation is 2. The number of rotatable bonds is 2. The van der Waals surface area contributed by atoms with E-state index in [-0.39, 0.29) is 18.3 Å². The molecular formula is C9H17ClN4O. The molecule has 86 valence electrons. The topological polar surface area (TPSA) is 72.9 Å². The first-order chi connectivity index (χ1) is 6.43. The van der Waals surface area contributed by atoms with Crippen LogP contribution in [0.4, 0.5) is 5.82 Å². The summed E-state index contributed by atoms with van der Waals surface area (Å²) >= 11 is 0. The number of nitrogens with one attached hydrogen (secondary N) is 1. The van der Waals surface area contributed by atoms with Crippen molar-refractivity contribution in [2.75, 3.05) is 5.32 Å². The van der Waals surface area contributed by atoms with Crippen molar-refractivity contribution in [3.8, 4) is 0 Å². The van der Waals surface area contributed by atoms with E-state index >= 15 is 0 Å². The van der Waals surface area contributed by atoms with Crippen molar-refractivity contribution in [1.29, 1.82) is 0 Å². The fourth-order valence-electron chi connectivity index (χ4n) is 1.17. The van der Waals surface area contributed by atoms with Gasteiger partial charge in [-0.15, -0.1) is 12.4 Å². The van der Waals surface area contributed by atoms with Crippen LogP contribution in [-0.2, 0) is 11.8 Å². The molecule has 1 amide bonds. The maximum Gasteiger partial charge on any atom is 0.242 e. The largest absolute Gasteiger partial charge is 0.320 e. The number of nitrogens with zero attached hydrogens (tertiary/aromatic N) is 2. The van der Waals surface area contributed by atoms with Crippen molar-refractivity contribution in [3.05, 3.63) is 11.3 Å². The molecule has 0 radical (unpaired) electrons. The summed E-state index contributed by atoms with van der Waals surface area (Å²) < 4.78 is 1.64. The summed E-state index contributed by atoms with van der Waals surface area (Å²) in [6.45, 7) is 5.46. The highest BCUT2D eigenvalue weighted by atomic mass is 35.5. The van der Waals surface area contributed by atoms with E-state index < -0.39 is 6.04 Å². The standard InChI is InChI=1S/C9H16N4O.ClH/c1-5-7(3)12-13(4)8(5)11-9(14)6(2)10;/h6H,10H2,1-4H3,(H,11,14);1H/t6-;/m0./s1. The molecule has 1 aromatic rings. The Morgan fingerprint density at radius 2 is 2.07 bits per heavy atom. The van der Waals surface area contributed by atoms with Crippen LogP contribution in [0, 0.1) is 13.8 Å². The second kappa shape index (κ2) is 5.14. The smallest absolute Gasteiger partial charge is 0.242 e. The van der Waals surface area contributed by atoms with E-state index in [0.717, 1.165) is 11.3 Å². The fourth-order valence-corrected chi connectivity index (χ4v) is 1.17. The molecule has 3 N–H and O–H groups in total. The van der Waals surface area contributed by atoms with Crippen LogP contribution < -0.4 is 11.1 Å². The van der Waals surface area contributed by atoms with Gasteiger partial charge in [-0.1, -0.05) is 0 Å². The van der Waals surface area contributed by atoms with Crippen LogP contribution in [0.3, 0.4) is 0 Å². The van der Waals surface area contributed by atoms with E-state index in [4.69, 9.17) is 5.73 Å². The van der Waals surface area contributed by atoms with Gasteiger partial charge in [-0.2, -0.15) is 5.10 Å². The number of aromatic nitrogens is 2. The van der Waals surface area contributed by atoms with Crippen molar-refractivity contribution in [2.45, 2.75) is 26.8 Å². The molecule has 0 aliphatic heterocycles. The Balaban J connectivity index is 0.00000196. The van der Waals surface area contributed by atoms with Crippen LogP contribution in [0.25, 0.3) is 0 Å². The lowest BCUT2D eigenvalue weighted by Crippen LogP contribution is -2.33. The SMILES string of the molecule is Cc1nn(C)c(NC(=O)[C@H](C)N)c1C.Cl. The third-order valence-electron chi connectivity index (χ3n) is 2.18. The molecular weight excluding hydrogens is 216 g/mol. The molecule has 0 saturated heterocycles. The average molecular weight is 233 g/mol. The van der Waals surface area contributed by atoms with Gasteiger partial charge in [0.1, 0.15) is 5.82 Å². The van der Waals surface area contributed by atoms with Crippen LogP contribution in [0.15, 0.2) is 0 Å². The summed E-state index contributed by atoms with van der Waals surface area (Å²) in [5, 5.41) is 6.92. The summed E-state index contributed by atoms with van der Waals surface area (Å²) in [5.41, 5.74) is 7.33. The molecule has 1 aromatic heterocycles. The van der Waals surface area contributed by atoms with E-state index in [0.29, 0.717) is 5.82 Å². The molecule has 0 aliphatic rings. The maximum atomic E-state index is 11.3. The molecule has 0 saturated carbocycles. The zero-order valence-electron chi connectivity index (χ0n) is 9.37. The summed E-state index contributed by atoms with van der Waals surface area (Å²) in [7, 11) is 1.79. The summed E-state index contributed by atoms with van der Waals surface area (Å²) in [4.78, 5) is 11.3. The highest BCUT2D eigenvalue weighted by Gasteiger charge is 2.13. The Bertz CT molecular complexity index is 359. The fraction of sp³-hybridized carbons (Fsp3) is 0.556. The van der Waals surface area contributed by atoms with Crippen LogP contribution in [0.2, 0.25) is 0 Å². The Morgan fingerprint density at radius 1 is 1.53 bits per heavy atom. The van der Waals surface area contributed by atoms with Gasteiger partial charge in [0.25, 0.3) is 0 Å². The third-order valence-corrected chi connectivity index (χ3v) is 2.18. The minimum absolute atomic E-state index is 0. The third kappa shape index (κ3) is 2.94. The number of hydrogen-bond donors (Lipinski definition) is 2. The molecule has 6 heteroatoms. The second-order valence-electron chi connectivity index (χ2n) is 3.46. The van der Waals surface area contributed by atoms with Crippen molar-refractivity contribution in [1.82, 2.24) is 9.78 Å². The lowest BCUT2D eigenvalue weighted by Gasteiger charge is -2.08. The van der Waals surface area contributed by atoms with Gasteiger partial charge in [-0.25, -0.2) is 0 Å². The highest BCUT2D eigenvalue weighted by molar-refractivity contribution is 5.94. The average Bonchev–Trinajstić information content (AvgIpc) is 2.32. The van der Waals surface area contributed by atoms with Gasteiger partial charge in [0.15, 0.2) is 0 Å². The van der Waals surface area contributed by atoms with Crippen LogP contribution in [-0.4, -0.2) is 21.7 Å². The quantitative estimate of drug-likeness (QED) is 0.790. The minimum atomic E-state index is -0.510. The predicted molar refractivity (Wildman–Crippen MR) is 62.2 cm³/mol. The van der Waals surface area contributed by atoms with Crippen molar-refractivity contribution in [2.24, 2.45) is 12.8 Å². The molecule has 0 fully saturated rings. The zero-order valence-corrected chi connectivity index (χ0v) is 10.2. The molecule has 1 atom stereocenters. The van der Waals surface area contributed by atoms with E-state index in [1.807, 2.05) is 13.8 Å². The number of hydrogen-bond acceptors (Lipinski definition) is 3. The number of anilines is 1. The molecule has 0 unspecified atom stereocenters. The number of carbonyl (C=O) groups is 1. The van der Waals surface area contributed by atoms with Crippen molar-refractivity contribution in [3.63, 3.8) is 0 Å². The molecule has 1 heterocycles. The monoisotopic (exact) mass is 232 g/mol. The molecule has 1 rings (SSSR count). The Kier molecular flexibility index (Phi) is 4.77. The Morgan fingerprint density at radius 3 is 2.40 bits per heavy atom. The normalized spacial score (nSPS) is 11.8. The number of amides is 1. The molecule has 15 heavy (non-hydrogen) atoms. The Labute approximate surface area is 95.4 Å². The van der Waals surface area contributed by atoms with Crippen LogP contribution >= 0.6 is 12.4 Å². The first-order valence-corrected chi connectivity index (χ1v) is 4.50. The first kappa shape index (κ1) is 13.9. The maximum absolute atomic E-state index is 11.3. The van der Waals surface area contributed by atoms with Crippen LogP contribution in [0.1, 0.15) is 18.2 Å². The van der Waals surface area contributed by atoms with Gasteiger partial charge in [-0.05, 0) is 20.8 Å². The van der Waals surface area contributed by atoms with Gasteiger partial charge in [-0.3, -0.25) is 9.48 Å². The van der Waals surface area contributed by atoms with Crippen molar-refractivity contribution < 1.29 is 4.79 Å². The zero-order chi connectivity index (χ0) is 10.9. The molecule has 5 nitrogen and oxygen atoms in total. The lowest BCUT2D eigenvalue weighted by atomic mass is 10.2. The van der Waals surface area contributed by atoms with E-state index in [9.17, 15) is 4.79 Å². The molecule has 0 aromatic carbocycles. The molecule has 0 bridgehead atoms. The van der Waals surface area contributed by atoms with Gasteiger partial charge in [0.2, 0.25) is 5.91 Å². The van der Waals surface area contributed by atoms with E-state index in [1.54, 1.807) is 18.7 Å². The van der Waals surface area contributed by atoms with Gasteiger partial charge in [0, 0.05) is 12.6 Å².